The van der Waals surface area contributed by atoms with Crippen molar-refractivity contribution in [1.82, 2.24) is 9.78 Å². The minimum atomic E-state index is -0.520. The zero-order chi connectivity index (χ0) is 20.3. The first kappa shape index (κ1) is 19.0. The van der Waals surface area contributed by atoms with Crippen molar-refractivity contribution in [2.75, 3.05) is 5.32 Å². The van der Waals surface area contributed by atoms with Gasteiger partial charge in [-0.3, -0.25) is 19.7 Å². The van der Waals surface area contributed by atoms with Crippen LogP contribution in [0.15, 0.2) is 59.4 Å². The molecule has 8 nitrogen and oxygen atoms in total. The fourth-order valence-electron chi connectivity index (χ4n) is 2.81. The summed E-state index contributed by atoms with van der Waals surface area (Å²) in [7, 11) is 0. The van der Waals surface area contributed by atoms with E-state index in [1.807, 2.05) is 32.0 Å². The van der Waals surface area contributed by atoms with Crippen LogP contribution in [0.1, 0.15) is 11.1 Å². The highest BCUT2D eigenvalue weighted by atomic mass is 16.6. The molecule has 8 heteroatoms. The standard InChI is InChI=1S/C20H18N4O4/c1-13-3-8-17(14(2)11-13)18-9-10-20(26)23(22-18)12-19(25)21-15-4-6-16(7-5-15)24(27)28/h3-11H,12H2,1-2H3,(H,21,25). The summed E-state index contributed by atoms with van der Waals surface area (Å²) in [6.45, 7) is 3.68. The number of amides is 1. The molecule has 1 heterocycles. The predicted octanol–water partition coefficient (Wildman–Crippen LogP) is 3.07. The van der Waals surface area contributed by atoms with Crippen molar-refractivity contribution in [2.24, 2.45) is 0 Å². The molecule has 0 bridgehead atoms. The van der Waals surface area contributed by atoms with Crippen LogP contribution in [0, 0.1) is 24.0 Å². The summed E-state index contributed by atoms with van der Waals surface area (Å²) >= 11 is 0. The topological polar surface area (TPSA) is 107 Å². The molecule has 3 aromatic rings. The summed E-state index contributed by atoms with van der Waals surface area (Å²) in [6, 6.07) is 14.4. The first-order valence-electron chi connectivity index (χ1n) is 8.53. The fraction of sp³-hybridized carbons (Fsp3) is 0.150. The van der Waals surface area contributed by atoms with Crippen LogP contribution in [0.5, 0.6) is 0 Å². The number of nitrogens with zero attached hydrogens (tertiary/aromatic N) is 3. The van der Waals surface area contributed by atoms with Gasteiger partial charge in [0.1, 0.15) is 6.54 Å². The molecule has 0 spiro atoms. The number of carbonyl (C=O) groups is 1. The summed E-state index contributed by atoms with van der Waals surface area (Å²) in [5, 5.41) is 17.6. The fourth-order valence-corrected chi connectivity index (χ4v) is 2.81. The van der Waals surface area contributed by atoms with Gasteiger partial charge >= 0.3 is 0 Å². The van der Waals surface area contributed by atoms with Crippen molar-refractivity contribution >= 4 is 17.3 Å². The number of nitrogens with one attached hydrogen (secondary N) is 1. The lowest BCUT2D eigenvalue weighted by Crippen LogP contribution is -2.29. The molecule has 2 aromatic carbocycles. The maximum atomic E-state index is 12.3. The number of anilines is 1. The second kappa shape index (κ2) is 7.83. The van der Waals surface area contributed by atoms with E-state index in [2.05, 4.69) is 10.4 Å². The van der Waals surface area contributed by atoms with Gasteiger partial charge in [-0.25, -0.2) is 4.68 Å². The van der Waals surface area contributed by atoms with Gasteiger partial charge in [0.15, 0.2) is 0 Å². The number of nitro benzene ring substituents is 1. The number of hydrogen-bond acceptors (Lipinski definition) is 5. The van der Waals surface area contributed by atoms with Crippen LogP contribution >= 0.6 is 0 Å². The van der Waals surface area contributed by atoms with Gasteiger partial charge in [-0.15, -0.1) is 0 Å². The van der Waals surface area contributed by atoms with E-state index in [0.29, 0.717) is 11.4 Å². The van der Waals surface area contributed by atoms with E-state index in [-0.39, 0.29) is 12.2 Å². The molecule has 0 radical (unpaired) electrons. The van der Waals surface area contributed by atoms with Gasteiger partial charge in [0, 0.05) is 29.4 Å². The summed E-state index contributed by atoms with van der Waals surface area (Å²) in [5.41, 5.74) is 3.55. The van der Waals surface area contributed by atoms with Crippen LogP contribution in [-0.2, 0) is 11.3 Å². The Morgan fingerprint density at radius 1 is 1.11 bits per heavy atom. The number of non-ortho nitro benzene ring substituents is 1. The monoisotopic (exact) mass is 378 g/mol. The Bertz CT molecular complexity index is 1100. The van der Waals surface area contributed by atoms with E-state index in [1.54, 1.807) is 6.07 Å². The molecule has 1 amide bonds. The molecular weight excluding hydrogens is 360 g/mol. The zero-order valence-corrected chi connectivity index (χ0v) is 15.4. The van der Waals surface area contributed by atoms with E-state index in [1.165, 1.54) is 30.3 Å². The van der Waals surface area contributed by atoms with Crippen molar-refractivity contribution in [3.05, 3.63) is 86.2 Å². The highest BCUT2D eigenvalue weighted by Crippen LogP contribution is 2.21. The van der Waals surface area contributed by atoms with Crippen molar-refractivity contribution in [1.29, 1.82) is 0 Å². The van der Waals surface area contributed by atoms with Crippen LogP contribution in [0.2, 0.25) is 0 Å². The first-order valence-corrected chi connectivity index (χ1v) is 8.53. The molecule has 28 heavy (non-hydrogen) atoms. The third-order valence-electron chi connectivity index (χ3n) is 4.18. The van der Waals surface area contributed by atoms with Gasteiger partial charge in [0.05, 0.1) is 10.6 Å². The molecule has 0 saturated carbocycles. The summed E-state index contributed by atoms with van der Waals surface area (Å²) in [6.07, 6.45) is 0. The minimum absolute atomic E-state index is 0.0722. The molecule has 0 fully saturated rings. The van der Waals surface area contributed by atoms with Gasteiger partial charge in [-0.05, 0) is 37.6 Å². The average Bonchev–Trinajstić information content (AvgIpc) is 2.64. The number of nitro groups is 1. The lowest BCUT2D eigenvalue weighted by atomic mass is 10.0. The van der Waals surface area contributed by atoms with Gasteiger partial charge in [0.25, 0.3) is 11.2 Å². The van der Waals surface area contributed by atoms with Crippen LogP contribution in [-0.4, -0.2) is 20.6 Å². The largest absolute Gasteiger partial charge is 0.324 e. The zero-order valence-electron chi connectivity index (χ0n) is 15.4. The second-order valence-corrected chi connectivity index (χ2v) is 6.38. The Hall–Kier alpha value is -3.81. The third kappa shape index (κ3) is 4.29. The highest BCUT2D eigenvalue weighted by Gasteiger charge is 2.11. The Morgan fingerprint density at radius 2 is 1.82 bits per heavy atom. The van der Waals surface area contributed by atoms with Gasteiger partial charge < -0.3 is 5.32 Å². The SMILES string of the molecule is Cc1ccc(-c2ccc(=O)n(CC(=O)Nc3ccc([N+](=O)[O-])cc3)n2)c(C)c1. The van der Waals surface area contributed by atoms with Crippen molar-refractivity contribution < 1.29 is 9.72 Å². The number of aromatic nitrogens is 2. The third-order valence-corrected chi connectivity index (χ3v) is 4.18. The molecule has 0 unspecified atom stereocenters. The van der Waals surface area contributed by atoms with Crippen LogP contribution < -0.4 is 10.9 Å². The first-order chi connectivity index (χ1) is 13.3. The van der Waals surface area contributed by atoms with E-state index in [4.69, 9.17) is 0 Å². The number of rotatable bonds is 5. The normalized spacial score (nSPS) is 10.5. The minimum Gasteiger partial charge on any atom is -0.324 e. The lowest BCUT2D eigenvalue weighted by Gasteiger charge is -2.10. The van der Waals surface area contributed by atoms with E-state index in [9.17, 15) is 19.7 Å². The van der Waals surface area contributed by atoms with Crippen molar-refractivity contribution in [3.63, 3.8) is 0 Å². The lowest BCUT2D eigenvalue weighted by molar-refractivity contribution is -0.384. The molecule has 0 aliphatic heterocycles. The summed E-state index contributed by atoms with van der Waals surface area (Å²) in [5.74, 6) is -0.457. The van der Waals surface area contributed by atoms with E-state index < -0.39 is 16.4 Å². The molecule has 1 N–H and O–H groups in total. The predicted molar refractivity (Wildman–Crippen MR) is 105 cm³/mol. The van der Waals surface area contributed by atoms with Crippen molar-refractivity contribution in [2.45, 2.75) is 20.4 Å². The average molecular weight is 378 g/mol. The van der Waals surface area contributed by atoms with E-state index >= 15 is 0 Å². The molecule has 142 valence electrons. The number of hydrogen-bond donors (Lipinski definition) is 1. The Balaban J connectivity index is 1.79. The van der Waals surface area contributed by atoms with Gasteiger partial charge in [-0.1, -0.05) is 23.8 Å². The van der Waals surface area contributed by atoms with Crippen LogP contribution in [0.3, 0.4) is 0 Å². The van der Waals surface area contributed by atoms with Crippen LogP contribution in [0.25, 0.3) is 11.3 Å². The molecule has 0 saturated heterocycles. The summed E-state index contributed by atoms with van der Waals surface area (Å²) in [4.78, 5) is 34.5. The van der Waals surface area contributed by atoms with Crippen LogP contribution in [0.4, 0.5) is 11.4 Å². The highest BCUT2D eigenvalue weighted by molar-refractivity contribution is 5.90. The molecular formula is C20H18N4O4. The number of aryl methyl sites for hydroxylation is 2. The molecule has 1 aromatic heterocycles. The van der Waals surface area contributed by atoms with E-state index in [0.717, 1.165) is 21.4 Å². The quantitative estimate of drug-likeness (QED) is 0.542. The molecule has 0 aliphatic carbocycles. The number of benzene rings is 2. The number of carbonyl (C=O) groups excluding carboxylic acids is 1. The Morgan fingerprint density at radius 3 is 2.46 bits per heavy atom. The maximum absolute atomic E-state index is 12.3. The molecule has 0 atom stereocenters. The summed E-state index contributed by atoms with van der Waals surface area (Å²) < 4.78 is 1.09. The second-order valence-electron chi connectivity index (χ2n) is 6.38. The van der Waals surface area contributed by atoms with Gasteiger partial charge in [0.2, 0.25) is 5.91 Å². The Kier molecular flexibility index (Phi) is 5.30. The van der Waals surface area contributed by atoms with Gasteiger partial charge in [-0.2, -0.15) is 5.10 Å². The molecule has 3 rings (SSSR count). The maximum Gasteiger partial charge on any atom is 0.269 e. The Labute approximate surface area is 160 Å². The smallest absolute Gasteiger partial charge is 0.269 e. The van der Waals surface area contributed by atoms with Crippen molar-refractivity contribution in [3.8, 4) is 11.3 Å². The molecule has 0 aliphatic rings.